The zero-order valence-electron chi connectivity index (χ0n) is 23.6. The van der Waals surface area contributed by atoms with Crippen molar-refractivity contribution < 1.29 is 28.2 Å². The number of rotatable bonds is 7. The highest BCUT2D eigenvalue weighted by Gasteiger charge is 2.56. The van der Waals surface area contributed by atoms with Crippen molar-refractivity contribution in [3.63, 3.8) is 0 Å². The van der Waals surface area contributed by atoms with Crippen LogP contribution >= 0.6 is 0 Å². The minimum atomic E-state index is -2.12. The molecule has 1 aromatic rings. The van der Waals surface area contributed by atoms with E-state index in [9.17, 15) is 9.59 Å². The van der Waals surface area contributed by atoms with E-state index >= 15 is 0 Å². The van der Waals surface area contributed by atoms with Crippen molar-refractivity contribution in [3.8, 4) is 11.5 Å². The minimum absolute atomic E-state index is 0.0326. The number of nitrogens with zero attached hydrogens (tertiary/aromatic N) is 1. The van der Waals surface area contributed by atoms with E-state index in [-0.39, 0.29) is 23.3 Å². The predicted octanol–water partition coefficient (Wildman–Crippen LogP) is 6.11. The Bertz CT molecular complexity index is 1020. The SMILES string of the molecule is COc1ccc(C=O)c2c1O[C@@H]1[C@@H](O[Si](C)(C)C(C)(C)C)CC=C[C@]21CCN(C)C(=O)OC(C)(C)C. The number of amides is 1. The molecular formula is C28H43NO6Si. The number of carbonyl (C=O) groups excluding carboxylic acids is 2. The molecule has 0 fully saturated rings. The summed E-state index contributed by atoms with van der Waals surface area (Å²) in [5.74, 6) is 1.17. The van der Waals surface area contributed by atoms with Crippen molar-refractivity contribution in [1.29, 1.82) is 0 Å². The highest BCUT2D eigenvalue weighted by molar-refractivity contribution is 6.74. The molecule has 7 nitrogen and oxygen atoms in total. The minimum Gasteiger partial charge on any atom is -0.493 e. The maximum Gasteiger partial charge on any atom is 0.410 e. The number of fused-ring (bicyclic) bond motifs is 3. The lowest BCUT2D eigenvalue weighted by Crippen LogP contribution is -2.54. The second-order valence-electron chi connectivity index (χ2n) is 12.5. The molecule has 1 aliphatic heterocycles. The Labute approximate surface area is 217 Å². The number of benzene rings is 1. The first-order valence-electron chi connectivity index (χ1n) is 12.7. The number of hydrogen-bond donors (Lipinski definition) is 0. The quantitative estimate of drug-likeness (QED) is 0.247. The first-order chi connectivity index (χ1) is 16.6. The van der Waals surface area contributed by atoms with E-state index in [0.717, 1.165) is 11.8 Å². The van der Waals surface area contributed by atoms with Gasteiger partial charge in [0.2, 0.25) is 0 Å². The van der Waals surface area contributed by atoms with Gasteiger partial charge >= 0.3 is 6.09 Å². The Balaban J connectivity index is 2.05. The molecule has 0 aromatic heterocycles. The molecular weight excluding hydrogens is 474 g/mol. The van der Waals surface area contributed by atoms with Gasteiger partial charge in [-0.15, -0.1) is 0 Å². The smallest absolute Gasteiger partial charge is 0.410 e. The molecule has 0 unspecified atom stereocenters. The molecule has 1 aliphatic carbocycles. The summed E-state index contributed by atoms with van der Waals surface area (Å²) in [5, 5.41) is 0.0326. The van der Waals surface area contributed by atoms with E-state index in [2.05, 4.69) is 46.0 Å². The van der Waals surface area contributed by atoms with Gasteiger partial charge in [0, 0.05) is 24.7 Å². The molecule has 0 N–H and O–H groups in total. The van der Waals surface area contributed by atoms with E-state index < -0.39 is 19.3 Å². The van der Waals surface area contributed by atoms with Gasteiger partial charge in [0.15, 0.2) is 26.1 Å². The number of methoxy groups -OCH3 is 1. The first-order valence-corrected chi connectivity index (χ1v) is 15.6. The molecule has 0 bridgehead atoms. The first kappa shape index (κ1) is 28.3. The third-order valence-corrected chi connectivity index (χ3v) is 12.2. The molecule has 0 saturated carbocycles. The van der Waals surface area contributed by atoms with Gasteiger partial charge in [-0.1, -0.05) is 32.9 Å². The van der Waals surface area contributed by atoms with Crippen LogP contribution in [0.4, 0.5) is 4.79 Å². The Morgan fingerprint density at radius 2 is 1.89 bits per heavy atom. The third-order valence-electron chi connectivity index (χ3n) is 7.66. The van der Waals surface area contributed by atoms with Crippen LogP contribution in [0.1, 0.15) is 70.3 Å². The van der Waals surface area contributed by atoms with Crippen molar-refractivity contribution in [3.05, 3.63) is 35.4 Å². The van der Waals surface area contributed by atoms with Crippen LogP contribution in [-0.2, 0) is 14.6 Å². The van der Waals surface area contributed by atoms with Gasteiger partial charge in [-0.25, -0.2) is 4.79 Å². The molecule has 1 amide bonds. The summed E-state index contributed by atoms with van der Waals surface area (Å²) in [4.78, 5) is 26.5. The van der Waals surface area contributed by atoms with Gasteiger partial charge in [-0.05, 0) is 63.9 Å². The van der Waals surface area contributed by atoms with Crippen LogP contribution in [-0.4, -0.2) is 64.1 Å². The summed E-state index contributed by atoms with van der Waals surface area (Å²) in [6.45, 7) is 17.1. The standard InChI is InChI=1S/C28H43NO6Si/c1-26(2,3)34-25(31)29(7)17-16-28-15-11-12-21(35-36(9,10)27(4,5)6)24(28)33-23-20(32-8)14-13-19(18-30)22(23)28/h11,13-15,18,21,24H,12,16-17H2,1-10H3/t21-,24+,28-/m0/s1. The molecule has 1 aromatic carbocycles. The molecule has 200 valence electrons. The maximum atomic E-state index is 12.7. The highest BCUT2D eigenvalue weighted by atomic mass is 28.4. The van der Waals surface area contributed by atoms with Crippen LogP contribution in [0.15, 0.2) is 24.3 Å². The Hall–Kier alpha value is -2.32. The number of ether oxygens (including phenoxy) is 3. The summed E-state index contributed by atoms with van der Waals surface area (Å²) < 4.78 is 24.8. The summed E-state index contributed by atoms with van der Waals surface area (Å²) in [5.41, 5.74) is 0.131. The lowest BCUT2D eigenvalue weighted by Gasteiger charge is -2.45. The van der Waals surface area contributed by atoms with Gasteiger partial charge in [0.05, 0.1) is 18.6 Å². The van der Waals surface area contributed by atoms with Gasteiger partial charge in [0.25, 0.3) is 0 Å². The van der Waals surface area contributed by atoms with Gasteiger partial charge in [-0.2, -0.15) is 0 Å². The van der Waals surface area contributed by atoms with Crippen LogP contribution < -0.4 is 9.47 Å². The fraction of sp³-hybridized carbons (Fsp3) is 0.643. The van der Waals surface area contributed by atoms with Crippen LogP contribution in [0.2, 0.25) is 18.1 Å². The van der Waals surface area contributed by atoms with E-state index in [1.165, 1.54) is 0 Å². The molecule has 8 heteroatoms. The van der Waals surface area contributed by atoms with Crippen molar-refractivity contribution in [1.82, 2.24) is 4.90 Å². The van der Waals surface area contributed by atoms with Crippen molar-refractivity contribution in [2.75, 3.05) is 20.7 Å². The molecule has 3 atom stereocenters. The fourth-order valence-electron chi connectivity index (χ4n) is 4.73. The van der Waals surface area contributed by atoms with E-state index in [4.69, 9.17) is 18.6 Å². The molecule has 0 radical (unpaired) electrons. The van der Waals surface area contributed by atoms with E-state index in [1.54, 1.807) is 31.2 Å². The normalized spacial score (nSPS) is 23.4. The Morgan fingerprint density at radius 3 is 2.44 bits per heavy atom. The van der Waals surface area contributed by atoms with Crippen LogP contribution in [0.5, 0.6) is 11.5 Å². The molecule has 2 aliphatic rings. The highest BCUT2D eigenvalue weighted by Crippen LogP contribution is 2.55. The largest absolute Gasteiger partial charge is 0.493 e. The zero-order valence-corrected chi connectivity index (χ0v) is 24.6. The molecule has 0 spiro atoms. The van der Waals surface area contributed by atoms with Crippen LogP contribution in [0, 0.1) is 0 Å². The average Bonchev–Trinajstić information content (AvgIpc) is 3.11. The predicted molar refractivity (Wildman–Crippen MR) is 144 cm³/mol. The van der Waals surface area contributed by atoms with Crippen molar-refractivity contribution in [2.45, 2.75) is 95.7 Å². The molecule has 0 saturated heterocycles. The second-order valence-corrected chi connectivity index (χ2v) is 17.2. The molecule has 1 heterocycles. The summed E-state index contributed by atoms with van der Waals surface area (Å²) >= 11 is 0. The Morgan fingerprint density at radius 1 is 1.22 bits per heavy atom. The lowest BCUT2D eigenvalue weighted by molar-refractivity contribution is 0.0110. The van der Waals surface area contributed by atoms with Gasteiger partial charge < -0.3 is 23.5 Å². The molecule has 3 rings (SSSR count). The topological polar surface area (TPSA) is 74.3 Å². The van der Waals surface area contributed by atoms with Crippen molar-refractivity contribution >= 4 is 20.7 Å². The van der Waals surface area contributed by atoms with Crippen LogP contribution in [0.25, 0.3) is 0 Å². The number of carbonyl (C=O) groups is 2. The zero-order chi connectivity index (χ0) is 27.1. The van der Waals surface area contributed by atoms with Gasteiger partial charge in [-0.3, -0.25) is 4.79 Å². The molecule has 36 heavy (non-hydrogen) atoms. The monoisotopic (exact) mass is 517 g/mol. The van der Waals surface area contributed by atoms with Crippen molar-refractivity contribution in [2.24, 2.45) is 0 Å². The second kappa shape index (κ2) is 9.86. The third kappa shape index (κ3) is 5.35. The number of hydrogen-bond acceptors (Lipinski definition) is 6. The lowest BCUT2D eigenvalue weighted by atomic mass is 9.68. The fourth-order valence-corrected chi connectivity index (χ4v) is 6.06. The van der Waals surface area contributed by atoms with Crippen LogP contribution in [0.3, 0.4) is 0 Å². The average molecular weight is 518 g/mol. The summed E-state index contributed by atoms with van der Waals surface area (Å²) in [7, 11) is 1.22. The van der Waals surface area contributed by atoms with E-state index in [1.807, 2.05) is 20.8 Å². The maximum absolute atomic E-state index is 12.7. The summed E-state index contributed by atoms with van der Waals surface area (Å²) in [6, 6.07) is 3.55. The van der Waals surface area contributed by atoms with E-state index in [0.29, 0.717) is 36.4 Å². The van der Waals surface area contributed by atoms with Gasteiger partial charge in [0.1, 0.15) is 11.7 Å². The Kier molecular flexibility index (Phi) is 7.73. The number of aldehydes is 1. The summed E-state index contributed by atoms with van der Waals surface area (Å²) in [6.07, 6.45) is 5.47.